The summed E-state index contributed by atoms with van der Waals surface area (Å²) in [5.74, 6) is -2.11. The van der Waals surface area contributed by atoms with E-state index in [2.05, 4.69) is 25.5 Å². The second-order valence-electron chi connectivity index (χ2n) is 7.03. The monoisotopic (exact) mass is 431 g/mol. The molecule has 0 saturated heterocycles. The largest absolute Gasteiger partial charge is 0.320 e. The maximum Gasteiger partial charge on any atom is 0.276 e. The van der Waals surface area contributed by atoms with Crippen LogP contribution in [0.3, 0.4) is 0 Å². The fraction of sp³-hybridized carbons (Fsp3) is 0.0455. The molecule has 0 fully saturated rings. The van der Waals surface area contributed by atoms with Crippen LogP contribution in [0.1, 0.15) is 16.2 Å². The van der Waals surface area contributed by atoms with Gasteiger partial charge in [0.2, 0.25) is 0 Å². The van der Waals surface area contributed by atoms with Gasteiger partial charge in [0.1, 0.15) is 6.33 Å². The van der Waals surface area contributed by atoms with E-state index in [1.807, 2.05) is 25.1 Å². The third-order valence-electron chi connectivity index (χ3n) is 4.78. The number of benzene rings is 1. The molecular formula is C22H15F2N7O. The Bertz CT molecular complexity index is 1470. The van der Waals surface area contributed by atoms with Crippen LogP contribution < -0.4 is 5.32 Å². The predicted molar refractivity (Wildman–Crippen MR) is 112 cm³/mol. The fourth-order valence-corrected chi connectivity index (χ4v) is 3.26. The Balaban J connectivity index is 1.58. The first-order chi connectivity index (χ1) is 15.5. The summed E-state index contributed by atoms with van der Waals surface area (Å²) in [7, 11) is 0. The molecule has 4 heterocycles. The molecule has 0 aliphatic rings. The van der Waals surface area contributed by atoms with Gasteiger partial charge in [0.25, 0.3) is 5.91 Å². The van der Waals surface area contributed by atoms with E-state index in [0.29, 0.717) is 17.2 Å². The minimum atomic E-state index is -1.06. The molecule has 32 heavy (non-hydrogen) atoms. The van der Waals surface area contributed by atoms with Gasteiger partial charge in [0, 0.05) is 29.2 Å². The molecule has 1 aromatic carbocycles. The summed E-state index contributed by atoms with van der Waals surface area (Å²) in [4.78, 5) is 21.5. The highest BCUT2D eigenvalue weighted by molar-refractivity contribution is 6.03. The Labute approximate surface area is 180 Å². The van der Waals surface area contributed by atoms with Crippen LogP contribution in [0.2, 0.25) is 0 Å². The lowest BCUT2D eigenvalue weighted by atomic mass is 10.2. The van der Waals surface area contributed by atoms with Crippen LogP contribution in [0.5, 0.6) is 0 Å². The zero-order chi connectivity index (χ0) is 22.2. The summed E-state index contributed by atoms with van der Waals surface area (Å²) >= 11 is 0. The van der Waals surface area contributed by atoms with Crippen molar-refractivity contribution >= 4 is 17.2 Å². The van der Waals surface area contributed by atoms with Crippen molar-refractivity contribution in [3.63, 3.8) is 0 Å². The Morgan fingerprint density at radius 3 is 2.72 bits per heavy atom. The van der Waals surface area contributed by atoms with Gasteiger partial charge in [-0.3, -0.25) is 4.79 Å². The smallest absolute Gasteiger partial charge is 0.276 e. The predicted octanol–water partition coefficient (Wildman–Crippen LogP) is 3.82. The fourth-order valence-electron chi connectivity index (χ4n) is 3.26. The summed E-state index contributed by atoms with van der Waals surface area (Å²) in [6.45, 7) is 1.85. The van der Waals surface area contributed by atoms with Gasteiger partial charge < -0.3 is 5.32 Å². The van der Waals surface area contributed by atoms with E-state index in [1.165, 1.54) is 12.4 Å². The van der Waals surface area contributed by atoms with E-state index in [4.69, 9.17) is 0 Å². The van der Waals surface area contributed by atoms with E-state index in [-0.39, 0.29) is 11.4 Å². The zero-order valence-corrected chi connectivity index (χ0v) is 16.7. The third kappa shape index (κ3) is 3.58. The van der Waals surface area contributed by atoms with Crippen molar-refractivity contribution in [2.75, 3.05) is 5.32 Å². The molecule has 0 aliphatic carbocycles. The maximum atomic E-state index is 13.5. The van der Waals surface area contributed by atoms with Crippen LogP contribution in [0.15, 0.2) is 67.1 Å². The summed E-state index contributed by atoms with van der Waals surface area (Å²) in [5.41, 5.74) is 2.96. The number of carbonyl (C=O) groups is 1. The van der Waals surface area contributed by atoms with E-state index in [9.17, 15) is 13.6 Å². The Morgan fingerprint density at radius 1 is 1.03 bits per heavy atom. The molecule has 1 amide bonds. The highest BCUT2D eigenvalue weighted by Gasteiger charge is 2.19. The molecule has 158 valence electrons. The molecule has 8 nitrogen and oxygen atoms in total. The number of nitrogens with one attached hydrogen (secondary N) is 1. The summed E-state index contributed by atoms with van der Waals surface area (Å²) < 4.78 is 29.9. The second-order valence-corrected chi connectivity index (χ2v) is 7.03. The average Bonchev–Trinajstić information content (AvgIpc) is 3.43. The number of rotatable bonds is 4. The molecular weight excluding hydrogens is 416 g/mol. The highest BCUT2D eigenvalue weighted by atomic mass is 19.2. The number of nitrogens with zero attached hydrogens (tertiary/aromatic N) is 6. The van der Waals surface area contributed by atoms with Crippen molar-refractivity contribution in [2.24, 2.45) is 0 Å². The minimum absolute atomic E-state index is 0.0757. The Morgan fingerprint density at radius 2 is 1.91 bits per heavy atom. The first-order valence-electron chi connectivity index (χ1n) is 9.58. The Kier molecular flexibility index (Phi) is 4.66. The quantitative estimate of drug-likeness (QED) is 0.467. The van der Waals surface area contributed by atoms with Gasteiger partial charge in [-0.05, 0) is 49.4 Å². The van der Waals surface area contributed by atoms with Crippen LogP contribution in [-0.4, -0.2) is 35.3 Å². The Hall–Kier alpha value is -4.47. The maximum absolute atomic E-state index is 13.5. The van der Waals surface area contributed by atoms with Crippen molar-refractivity contribution < 1.29 is 13.6 Å². The lowest BCUT2D eigenvalue weighted by Crippen LogP contribution is -2.13. The van der Waals surface area contributed by atoms with Gasteiger partial charge in [-0.1, -0.05) is 6.07 Å². The van der Waals surface area contributed by atoms with Crippen LogP contribution in [-0.2, 0) is 0 Å². The summed E-state index contributed by atoms with van der Waals surface area (Å²) in [5, 5.41) is 11.1. The van der Waals surface area contributed by atoms with Crippen molar-refractivity contribution in [1.29, 1.82) is 0 Å². The van der Waals surface area contributed by atoms with Gasteiger partial charge in [-0.15, -0.1) is 0 Å². The van der Waals surface area contributed by atoms with Gasteiger partial charge in [-0.25, -0.2) is 27.9 Å². The van der Waals surface area contributed by atoms with Crippen molar-refractivity contribution in [1.82, 2.24) is 29.4 Å². The number of carbonyl (C=O) groups excluding carboxylic acids is 1. The van der Waals surface area contributed by atoms with Crippen LogP contribution >= 0.6 is 0 Å². The van der Waals surface area contributed by atoms with E-state index in [1.54, 1.807) is 33.6 Å². The van der Waals surface area contributed by atoms with E-state index >= 15 is 0 Å². The molecule has 4 aromatic heterocycles. The average molecular weight is 431 g/mol. The van der Waals surface area contributed by atoms with Crippen LogP contribution in [0, 0.1) is 18.6 Å². The number of aryl methyl sites for hydroxylation is 1. The van der Waals surface area contributed by atoms with Crippen molar-refractivity contribution in [2.45, 2.75) is 6.92 Å². The SMILES string of the molecule is Cc1cccc(-n2nc(C(=O)Nc3ccc(F)c(F)c3)cc2-c2ccc3ncnn3c2)n1. The topological polar surface area (TPSA) is 90.0 Å². The molecule has 0 saturated carbocycles. The number of halogens is 2. The molecule has 5 rings (SSSR count). The van der Waals surface area contributed by atoms with E-state index in [0.717, 1.165) is 23.4 Å². The first kappa shape index (κ1) is 19.5. The van der Waals surface area contributed by atoms with E-state index < -0.39 is 17.5 Å². The number of pyridine rings is 2. The number of amides is 1. The molecule has 5 aromatic rings. The molecule has 0 unspecified atom stereocenters. The second kappa shape index (κ2) is 7.65. The van der Waals surface area contributed by atoms with Gasteiger partial charge >= 0.3 is 0 Å². The molecule has 0 atom stereocenters. The molecule has 10 heteroatoms. The third-order valence-corrected chi connectivity index (χ3v) is 4.78. The van der Waals surface area contributed by atoms with Crippen LogP contribution in [0.25, 0.3) is 22.7 Å². The number of anilines is 1. The highest BCUT2D eigenvalue weighted by Crippen LogP contribution is 2.24. The number of aromatic nitrogens is 6. The number of hydrogen-bond acceptors (Lipinski definition) is 5. The number of fused-ring (bicyclic) bond motifs is 1. The lowest BCUT2D eigenvalue weighted by Gasteiger charge is -2.07. The van der Waals surface area contributed by atoms with Gasteiger partial charge in [0.15, 0.2) is 28.8 Å². The lowest BCUT2D eigenvalue weighted by molar-refractivity contribution is 0.102. The first-order valence-corrected chi connectivity index (χ1v) is 9.58. The van der Waals surface area contributed by atoms with Gasteiger partial charge in [0.05, 0.1) is 5.69 Å². The minimum Gasteiger partial charge on any atom is -0.320 e. The molecule has 0 spiro atoms. The summed E-state index contributed by atoms with van der Waals surface area (Å²) in [6, 6.07) is 13.8. The molecule has 0 bridgehead atoms. The molecule has 1 N–H and O–H groups in total. The number of hydrogen-bond donors (Lipinski definition) is 1. The summed E-state index contributed by atoms with van der Waals surface area (Å²) in [6.07, 6.45) is 3.21. The standard InChI is InChI=1S/C22H15F2N7O/c1-13-3-2-4-21(27-13)31-19(14-5-8-20-25-12-26-30(20)11-14)10-18(29-31)22(32)28-15-6-7-16(23)17(24)9-15/h2-12H,1H3,(H,28,32). The van der Waals surface area contributed by atoms with Crippen molar-refractivity contribution in [3.05, 3.63) is 90.1 Å². The molecule has 0 aliphatic heterocycles. The zero-order valence-electron chi connectivity index (χ0n) is 16.7. The molecule has 0 radical (unpaired) electrons. The van der Waals surface area contributed by atoms with Gasteiger partial charge in [-0.2, -0.15) is 10.2 Å². The van der Waals surface area contributed by atoms with Crippen molar-refractivity contribution in [3.8, 4) is 17.1 Å². The normalized spacial score (nSPS) is 11.1. The van der Waals surface area contributed by atoms with Crippen LogP contribution in [0.4, 0.5) is 14.5 Å².